The number of ketones is 1. The van der Waals surface area contributed by atoms with Gasteiger partial charge in [0.05, 0.1) is 4.75 Å². The standard InChI is InChI=1S/C11H18O2S/c1-8-4-6-13-9(8)10(12)11(2)5-3-7-14-11/h8-9H,3-7H2,1-2H3. The first-order chi connectivity index (χ1) is 6.63. The van der Waals surface area contributed by atoms with Crippen LogP contribution in [0.1, 0.15) is 33.1 Å². The molecule has 2 heterocycles. The second-order valence-corrected chi connectivity index (χ2v) is 6.20. The quantitative estimate of drug-likeness (QED) is 0.705. The van der Waals surface area contributed by atoms with E-state index in [4.69, 9.17) is 4.74 Å². The molecule has 3 atom stereocenters. The molecule has 0 aliphatic carbocycles. The smallest absolute Gasteiger partial charge is 0.177 e. The number of carbonyl (C=O) groups excluding carboxylic acids is 1. The lowest BCUT2D eigenvalue weighted by atomic mass is 9.90. The zero-order valence-electron chi connectivity index (χ0n) is 8.91. The van der Waals surface area contributed by atoms with Crippen molar-refractivity contribution in [3.8, 4) is 0 Å². The van der Waals surface area contributed by atoms with E-state index in [9.17, 15) is 4.79 Å². The van der Waals surface area contributed by atoms with Gasteiger partial charge in [0.2, 0.25) is 0 Å². The largest absolute Gasteiger partial charge is 0.370 e. The van der Waals surface area contributed by atoms with Gasteiger partial charge in [-0.3, -0.25) is 4.79 Å². The molecule has 0 amide bonds. The SMILES string of the molecule is CC1CCOC1C(=O)C1(C)CCCS1. The van der Waals surface area contributed by atoms with Crippen LogP contribution >= 0.6 is 11.8 Å². The third kappa shape index (κ3) is 1.72. The monoisotopic (exact) mass is 214 g/mol. The summed E-state index contributed by atoms with van der Waals surface area (Å²) in [5, 5.41) is 0. The second-order valence-electron chi connectivity index (χ2n) is 4.60. The number of thioether (sulfide) groups is 1. The van der Waals surface area contributed by atoms with Gasteiger partial charge in [0.1, 0.15) is 6.10 Å². The van der Waals surface area contributed by atoms with E-state index in [1.54, 1.807) is 0 Å². The molecule has 14 heavy (non-hydrogen) atoms. The van der Waals surface area contributed by atoms with E-state index in [0.717, 1.165) is 25.2 Å². The Morgan fingerprint density at radius 1 is 1.57 bits per heavy atom. The van der Waals surface area contributed by atoms with Crippen LogP contribution < -0.4 is 0 Å². The van der Waals surface area contributed by atoms with Crippen LogP contribution in [0.25, 0.3) is 0 Å². The third-order valence-electron chi connectivity index (χ3n) is 3.39. The summed E-state index contributed by atoms with van der Waals surface area (Å²) < 4.78 is 5.39. The molecule has 3 unspecified atom stereocenters. The normalized spacial score (nSPS) is 43.0. The van der Waals surface area contributed by atoms with Gasteiger partial charge in [-0.05, 0) is 37.9 Å². The average molecular weight is 214 g/mol. The summed E-state index contributed by atoms with van der Waals surface area (Å²) in [7, 11) is 0. The van der Waals surface area contributed by atoms with Crippen molar-refractivity contribution < 1.29 is 9.53 Å². The summed E-state index contributed by atoms with van der Waals surface area (Å²) >= 11 is 1.81. The Morgan fingerprint density at radius 3 is 2.86 bits per heavy atom. The number of hydrogen-bond acceptors (Lipinski definition) is 3. The van der Waals surface area contributed by atoms with Gasteiger partial charge < -0.3 is 4.74 Å². The number of carbonyl (C=O) groups is 1. The van der Waals surface area contributed by atoms with Gasteiger partial charge in [-0.15, -0.1) is 11.8 Å². The molecule has 0 radical (unpaired) electrons. The van der Waals surface area contributed by atoms with Crippen molar-refractivity contribution in [2.45, 2.75) is 44.0 Å². The molecule has 80 valence electrons. The highest BCUT2D eigenvalue weighted by Gasteiger charge is 2.44. The lowest BCUT2D eigenvalue weighted by Gasteiger charge is -2.26. The highest BCUT2D eigenvalue weighted by molar-refractivity contribution is 8.01. The Bertz CT molecular complexity index is 233. The molecule has 2 fully saturated rings. The number of rotatable bonds is 2. The van der Waals surface area contributed by atoms with E-state index in [2.05, 4.69) is 13.8 Å². The molecule has 0 saturated carbocycles. The van der Waals surface area contributed by atoms with E-state index in [0.29, 0.717) is 11.7 Å². The molecule has 2 rings (SSSR count). The van der Waals surface area contributed by atoms with Crippen molar-refractivity contribution in [1.29, 1.82) is 0 Å². The lowest BCUT2D eigenvalue weighted by molar-refractivity contribution is -0.131. The van der Waals surface area contributed by atoms with Crippen LogP contribution in [0.5, 0.6) is 0 Å². The summed E-state index contributed by atoms with van der Waals surface area (Å²) in [6.45, 7) is 4.97. The fraction of sp³-hybridized carbons (Fsp3) is 0.909. The number of hydrogen-bond donors (Lipinski definition) is 0. The van der Waals surface area contributed by atoms with Crippen LogP contribution in [0.3, 0.4) is 0 Å². The van der Waals surface area contributed by atoms with E-state index in [1.807, 2.05) is 11.8 Å². The van der Waals surface area contributed by atoms with E-state index >= 15 is 0 Å². The lowest BCUT2D eigenvalue weighted by Crippen LogP contribution is -2.40. The molecule has 0 aromatic heterocycles. The van der Waals surface area contributed by atoms with Crippen molar-refractivity contribution in [3.05, 3.63) is 0 Å². The Balaban J connectivity index is 2.06. The van der Waals surface area contributed by atoms with Crippen LogP contribution in [0, 0.1) is 5.92 Å². The molecule has 2 nitrogen and oxygen atoms in total. The first-order valence-corrected chi connectivity index (χ1v) is 6.42. The van der Waals surface area contributed by atoms with Crippen LogP contribution in [0.2, 0.25) is 0 Å². The minimum atomic E-state index is -0.150. The van der Waals surface area contributed by atoms with Crippen LogP contribution in [-0.4, -0.2) is 29.0 Å². The Labute approximate surface area is 89.8 Å². The molecule has 0 N–H and O–H groups in total. The van der Waals surface area contributed by atoms with E-state index < -0.39 is 0 Å². The molecule has 2 aliphatic heterocycles. The number of ether oxygens (including phenoxy) is 1. The molecule has 0 bridgehead atoms. The third-order valence-corrected chi connectivity index (χ3v) is 4.92. The molecular weight excluding hydrogens is 196 g/mol. The van der Waals surface area contributed by atoms with Crippen LogP contribution in [0.15, 0.2) is 0 Å². The highest BCUT2D eigenvalue weighted by atomic mass is 32.2. The summed E-state index contributed by atoms with van der Waals surface area (Å²) in [5.74, 6) is 1.88. The minimum Gasteiger partial charge on any atom is -0.370 e. The van der Waals surface area contributed by atoms with Crippen molar-refractivity contribution >= 4 is 17.5 Å². The molecule has 2 saturated heterocycles. The molecular formula is C11H18O2S. The first kappa shape index (κ1) is 10.5. The predicted molar refractivity (Wildman–Crippen MR) is 58.6 cm³/mol. The fourth-order valence-corrected chi connectivity index (χ4v) is 3.59. The molecule has 3 heteroatoms. The Morgan fingerprint density at radius 2 is 2.36 bits per heavy atom. The van der Waals surface area contributed by atoms with Crippen molar-refractivity contribution in [2.24, 2.45) is 5.92 Å². The fourth-order valence-electron chi connectivity index (χ4n) is 2.31. The maximum absolute atomic E-state index is 12.2. The molecule has 0 aromatic carbocycles. The van der Waals surface area contributed by atoms with Crippen molar-refractivity contribution in [3.63, 3.8) is 0 Å². The van der Waals surface area contributed by atoms with Gasteiger partial charge in [-0.1, -0.05) is 6.92 Å². The van der Waals surface area contributed by atoms with Crippen molar-refractivity contribution in [2.75, 3.05) is 12.4 Å². The van der Waals surface area contributed by atoms with Crippen molar-refractivity contribution in [1.82, 2.24) is 0 Å². The van der Waals surface area contributed by atoms with E-state index in [-0.39, 0.29) is 10.9 Å². The topological polar surface area (TPSA) is 26.3 Å². The van der Waals surface area contributed by atoms with Gasteiger partial charge in [-0.25, -0.2) is 0 Å². The maximum atomic E-state index is 12.2. The maximum Gasteiger partial charge on any atom is 0.177 e. The van der Waals surface area contributed by atoms with Gasteiger partial charge in [0, 0.05) is 6.61 Å². The predicted octanol–water partition coefficient (Wildman–Crippen LogP) is 2.27. The van der Waals surface area contributed by atoms with Gasteiger partial charge in [-0.2, -0.15) is 0 Å². The van der Waals surface area contributed by atoms with E-state index in [1.165, 1.54) is 6.42 Å². The second kappa shape index (κ2) is 3.86. The molecule has 0 aromatic rings. The summed E-state index contributed by atoms with van der Waals surface area (Å²) in [6, 6.07) is 0. The summed E-state index contributed by atoms with van der Waals surface area (Å²) in [5.41, 5.74) is 0. The van der Waals surface area contributed by atoms with Crippen LogP contribution in [-0.2, 0) is 9.53 Å². The Hall–Kier alpha value is -0.0200. The van der Waals surface area contributed by atoms with Gasteiger partial charge >= 0.3 is 0 Å². The zero-order chi connectivity index (χ0) is 10.2. The first-order valence-electron chi connectivity index (χ1n) is 5.43. The van der Waals surface area contributed by atoms with Crippen LogP contribution in [0.4, 0.5) is 0 Å². The zero-order valence-corrected chi connectivity index (χ0v) is 9.73. The molecule has 2 aliphatic rings. The molecule has 0 spiro atoms. The van der Waals surface area contributed by atoms with Gasteiger partial charge in [0.25, 0.3) is 0 Å². The van der Waals surface area contributed by atoms with Gasteiger partial charge in [0.15, 0.2) is 5.78 Å². The summed E-state index contributed by atoms with van der Waals surface area (Å²) in [6.07, 6.45) is 3.12. The number of Topliss-reactive ketones (excluding diaryl/α,β-unsaturated/α-hetero) is 1. The average Bonchev–Trinajstić information content (AvgIpc) is 2.74. The summed E-state index contributed by atoms with van der Waals surface area (Å²) in [4.78, 5) is 12.2. The Kier molecular flexibility index (Phi) is 2.89. The minimum absolute atomic E-state index is 0.120. The highest BCUT2D eigenvalue weighted by Crippen LogP contribution is 2.41.